The maximum absolute atomic E-state index is 12.0. The highest BCUT2D eigenvalue weighted by atomic mass is 28.4. The van der Waals surface area contributed by atoms with Crippen LogP contribution >= 0.6 is 0 Å². The molecule has 0 bridgehead atoms. The summed E-state index contributed by atoms with van der Waals surface area (Å²) in [6, 6.07) is 2.80. The van der Waals surface area contributed by atoms with Gasteiger partial charge in [0.15, 0.2) is 0 Å². The lowest BCUT2D eigenvalue weighted by atomic mass is 9.98. The molecule has 0 spiro atoms. The van der Waals surface area contributed by atoms with Crippen LogP contribution in [0.4, 0.5) is 9.59 Å². The second kappa shape index (κ2) is 11.3. The third-order valence-electron chi connectivity index (χ3n) is 4.45. The van der Waals surface area contributed by atoms with Gasteiger partial charge in [-0.15, -0.1) is 0 Å². The monoisotopic (exact) mass is 356 g/mol. The van der Waals surface area contributed by atoms with Crippen molar-refractivity contribution in [3.63, 3.8) is 0 Å². The maximum Gasteiger partial charge on any atom is 0.452 e. The number of carbonyl (C=O) groups excluding carboxylic acids is 2. The first-order valence-corrected chi connectivity index (χ1v) is 11.9. The molecule has 0 unspecified atom stereocenters. The van der Waals surface area contributed by atoms with E-state index < -0.39 is 20.5 Å². The summed E-state index contributed by atoms with van der Waals surface area (Å²) in [5.74, 6) is 0. The Morgan fingerprint density at radius 2 is 1.38 bits per heavy atom. The van der Waals surface area contributed by atoms with Crippen molar-refractivity contribution in [2.75, 3.05) is 0 Å². The van der Waals surface area contributed by atoms with Gasteiger partial charge in [0.1, 0.15) is 6.10 Å². The lowest BCUT2D eigenvalue weighted by Crippen LogP contribution is -2.39. The van der Waals surface area contributed by atoms with Crippen molar-refractivity contribution >= 4 is 20.5 Å². The van der Waals surface area contributed by atoms with Gasteiger partial charge in [-0.1, -0.05) is 56.7 Å². The molecule has 0 radical (unpaired) electrons. The molecule has 2 amide bonds. The van der Waals surface area contributed by atoms with Crippen molar-refractivity contribution in [2.45, 2.75) is 96.4 Å². The highest BCUT2D eigenvalue weighted by Crippen LogP contribution is 2.28. The Labute approximate surface area is 146 Å². The molecular formula is C17H32N2O4Si. The number of azo groups is 1. The van der Waals surface area contributed by atoms with Crippen molar-refractivity contribution in [1.29, 1.82) is 0 Å². The molecule has 0 aliphatic heterocycles. The number of ether oxygens (including phenoxy) is 1. The summed E-state index contributed by atoms with van der Waals surface area (Å²) in [7, 11) is -2.13. The highest BCUT2D eigenvalue weighted by molar-refractivity contribution is 6.75. The first kappa shape index (κ1) is 20.8. The van der Waals surface area contributed by atoms with Crippen molar-refractivity contribution in [3.8, 4) is 0 Å². The fraction of sp³-hybridized carbons (Fsp3) is 0.882. The standard InChI is InChI=1S/C17H32N2O4Si/c1-4-12-24(13-5-2,14-6-3)23-17(21)19-18-16(20)22-15-10-8-7-9-11-15/h15H,4-14H2,1-3H3/b19-18+. The molecule has 7 heteroatoms. The summed E-state index contributed by atoms with van der Waals surface area (Å²) >= 11 is 0. The maximum atomic E-state index is 12.0. The largest absolute Gasteiger partial charge is 0.501 e. The molecule has 24 heavy (non-hydrogen) atoms. The molecular weight excluding hydrogens is 324 g/mol. The van der Waals surface area contributed by atoms with Crippen LogP contribution in [0.2, 0.25) is 18.1 Å². The second-order valence-corrected chi connectivity index (χ2v) is 10.7. The third-order valence-corrected chi connectivity index (χ3v) is 9.29. The van der Waals surface area contributed by atoms with E-state index in [1.807, 2.05) is 0 Å². The van der Waals surface area contributed by atoms with Gasteiger partial charge in [0, 0.05) is 0 Å². The Morgan fingerprint density at radius 3 is 1.88 bits per heavy atom. The van der Waals surface area contributed by atoms with E-state index in [0.717, 1.165) is 63.1 Å². The van der Waals surface area contributed by atoms with E-state index in [0.29, 0.717) is 0 Å². The van der Waals surface area contributed by atoms with Crippen molar-refractivity contribution in [3.05, 3.63) is 0 Å². The summed E-state index contributed by atoms with van der Waals surface area (Å²) in [5, 5.41) is 6.84. The molecule has 0 aromatic heterocycles. The molecule has 1 fully saturated rings. The van der Waals surface area contributed by atoms with Gasteiger partial charge in [-0.3, -0.25) is 0 Å². The molecule has 1 rings (SSSR count). The predicted molar refractivity (Wildman–Crippen MR) is 95.7 cm³/mol. The van der Waals surface area contributed by atoms with Crippen molar-refractivity contribution in [2.24, 2.45) is 10.2 Å². The van der Waals surface area contributed by atoms with Crippen LogP contribution in [0.25, 0.3) is 0 Å². The van der Waals surface area contributed by atoms with Crippen LogP contribution in [0, 0.1) is 0 Å². The lowest BCUT2D eigenvalue weighted by molar-refractivity contribution is 0.0816. The average molecular weight is 357 g/mol. The van der Waals surface area contributed by atoms with Crippen LogP contribution in [0.5, 0.6) is 0 Å². The zero-order chi connectivity index (χ0) is 17.8. The summed E-state index contributed by atoms with van der Waals surface area (Å²) in [6.07, 6.45) is 6.39. The topological polar surface area (TPSA) is 77.3 Å². The molecule has 0 N–H and O–H groups in total. The Bertz CT molecular complexity index is 406. The van der Waals surface area contributed by atoms with E-state index in [2.05, 4.69) is 31.0 Å². The van der Waals surface area contributed by atoms with E-state index in [-0.39, 0.29) is 6.10 Å². The minimum Gasteiger partial charge on any atom is -0.501 e. The molecule has 1 aliphatic rings. The Morgan fingerprint density at radius 1 is 0.875 bits per heavy atom. The SMILES string of the molecule is CCC[Si](CCC)(CCC)OC(=O)/N=N/C(=O)OC1CCCCC1. The van der Waals surface area contributed by atoms with Crippen molar-refractivity contribution in [1.82, 2.24) is 0 Å². The minimum atomic E-state index is -2.13. The van der Waals surface area contributed by atoms with Crippen LogP contribution in [0.15, 0.2) is 10.2 Å². The first-order valence-electron chi connectivity index (χ1n) is 9.40. The summed E-state index contributed by atoms with van der Waals surface area (Å²) in [6.45, 7) is 6.30. The molecule has 0 aromatic carbocycles. The molecule has 1 saturated carbocycles. The molecule has 6 nitrogen and oxygen atoms in total. The van der Waals surface area contributed by atoms with E-state index in [4.69, 9.17) is 9.16 Å². The molecule has 1 aliphatic carbocycles. The zero-order valence-corrected chi connectivity index (χ0v) is 16.4. The normalized spacial score (nSPS) is 16.3. The minimum absolute atomic E-state index is 0.0880. The van der Waals surface area contributed by atoms with E-state index in [1.54, 1.807) is 0 Å². The first-order chi connectivity index (χ1) is 11.5. The van der Waals surface area contributed by atoms with E-state index in [1.165, 1.54) is 6.42 Å². The average Bonchev–Trinajstić information content (AvgIpc) is 2.55. The van der Waals surface area contributed by atoms with Gasteiger partial charge < -0.3 is 9.16 Å². The fourth-order valence-corrected chi connectivity index (χ4v) is 7.73. The lowest BCUT2D eigenvalue weighted by Gasteiger charge is -2.29. The summed E-state index contributed by atoms with van der Waals surface area (Å²) < 4.78 is 11.0. The van der Waals surface area contributed by atoms with Crippen LogP contribution in [-0.2, 0) is 9.16 Å². The van der Waals surface area contributed by atoms with Crippen LogP contribution in [0.1, 0.15) is 72.1 Å². The van der Waals surface area contributed by atoms with E-state index in [9.17, 15) is 9.59 Å². The van der Waals surface area contributed by atoms with Crippen molar-refractivity contribution < 1.29 is 18.8 Å². The number of amides is 2. The van der Waals surface area contributed by atoms with Gasteiger partial charge >= 0.3 is 12.2 Å². The van der Waals surface area contributed by atoms with Gasteiger partial charge in [0.05, 0.1) is 0 Å². The Hall–Kier alpha value is -1.24. The second-order valence-electron chi connectivity index (χ2n) is 6.64. The number of hydrogen-bond acceptors (Lipinski definition) is 4. The Kier molecular flexibility index (Phi) is 9.82. The quantitative estimate of drug-likeness (QED) is 0.382. The van der Waals surface area contributed by atoms with Crippen LogP contribution in [0.3, 0.4) is 0 Å². The number of rotatable bonds is 8. The van der Waals surface area contributed by atoms with Crippen LogP contribution in [-0.4, -0.2) is 26.6 Å². The molecule has 0 heterocycles. The van der Waals surface area contributed by atoms with Gasteiger partial charge in [0.25, 0.3) is 8.32 Å². The smallest absolute Gasteiger partial charge is 0.452 e. The van der Waals surface area contributed by atoms with E-state index >= 15 is 0 Å². The molecule has 0 aromatic rings. The van der Waals surface area contributed by atoms with Gasteiger partial charge in [-0.05, 0) is 43.8 Å². The summed E-state index contributed by atoms with van der Waals surface area (Å²) in [4.78, 5) is 23.7. The zero-order valence-electron chi connectivity index (χ0n) is 15.4. The molecule has 0 atom stereocenters. The highest BCUT2D eigenvalue weighted by Gasteiger charge is 2.36. The fourth-order valence-electron chi connectivity index (χ4n) is 3.53. The predicted octanol–water partition coefficient (Wildman–Crippen LogP) is 6.22. The third kappa shape index (κ3) is 7.55. The number of hydrogen-bond donors (Lipinski definition) is 0. The molecule has 0 saturated heterocycles. The summed E-state index contributed by atoms with van der Waals surface area (Å²) in [5.41, 5.74) is 0. The number of nitrogens with zero attached hydrogens (tertiary/aromatic N) is 2. The van der Waals surface area contributed by atoms with Gasteiger partial charge in [-0.2, -0.15) is 0 Å². The Balaban J connectivity index is 2.54. The molecule has 138 valence electrons. The number of carbonyl (C=O) groups is 2. The van der Waals surface area contributed by atoms with Crippen LogP contribution < -0.4 is 0 Å². The van der Waals surface area contributed by atoms with Gasteiger partial charge in [-0.25, -0.2) is 9.59 Å². The van der Waals surface area contributed by atoms with Gasteiger partial charge in [0.2, 0.25) is 0 Å².